The third kappa shape index (κ3) is 10.9. The van der Waals surface area contributed by atoms with Gasteiger partial charge in [0, 0.05) is 0 Å². The Morgan fingerprint density at radius 3 is 1.30 bits per heavy atom. The maximum atomic E-state index is 2.55. The van der Waals surface area contributed by atoms with Crippen molar-refractivity contribution in [3.63, 3.8) is 0 Å². The van der Waals surface area contributed by atoms with Crippen LogP contribution in [0.2, 0.25) is 0 Å². The molecular formula is C44H64. The fourth-order valence-corrected chi connectivity index (χ4v) is 7.53. The van der Waals surface area contributed by atoms with Crippen molar-refractivity contribution in [2.45, 2.75) is 168 Å². The summed E-state index contributed by atoms with van der Waals surface area (Å²) in [5.74, 6) is 0. The number of fused-ring (bicyclic) bond motifs is 4. The first-order valence-corrected chi connectivity index (χ1v) is 19.2. The Kier molecular flexibility index (Phi) is 16.2. The molecule has 0 aliphatic carbocycles. The molecule has 44 heavy (non-hydrogen) atoms. The molecule has 4 rings (SSSR count). The fourth-order valence-electron chi connectivity index (χ4n) is 7.53. The lowest BCUT2D eigenvalue weighted by molar-refractivity contribution is 0.549. The average Bonchev–Trinajstić information content (AvgIpc) is 3.05. The second-order valence-corrected chi connectivity index (χ2v) is 13.8. The van der Waals surface area contributed by atoms with E-state index in [1.165, 1.54) is 181 Å². The molecule has 0 aliphatic heterocycles. The van der Waals surface area contributed by atoms with Crippen LogP contribution in [-0.2, 0) is 12.8 Å². The van der Waals surface area contributed by atoms with Crippen molar-refractivity contribution in [2.75, 3.05) is 0 Å². The Bertz CT molecular complexity index is 1340. The Labute approximate surface area is 271 Å². The summed E-state index contributed by atoms with van der Waals surface area (Å²) in [6.07, 6.45) is 33.3. The van der Waals surface area contributed by atoms with Crippen molar-refractivity contribution in [1.82, 2.24) is 0 Å². The predicted molar refractivity (Wildman–Crippen MR) is 199 cm³/mol. The molecule has 0 saturated carbocycles. The quantitative estimate of drug-likeness (QED) is 0.0431. The van der Waals surface area contributed by atoms with E-state index in [1.54, 1.807) is 16.5 Å². The first kappa shape index (κ1) is 34.5. The van der Waals surface area contributed by atoms with Crippen LogP contribution in [0.3, 0.4) is 0 Å². The molecule has 0 fully saturated rings. The molecule has 0 heteroatoms. The summed E-state index contributed by atoms with van der Waals surface area (Å²) in [5, 5.41) is 8.81. The van der Waals surface area contributed by atoms with E-state index in [0.29, 0.717) is 0 Å². The topological polar surface area (TPSA) is 0 Å². The van der Waals surface area contributed by atoms with Crippen LogP contribution >= 0.6 is 0 Å². The molecule has 0 nitrogen and oxygen atoms in total. The minimum atomic E-state index is 1.21. The van der Waals surface area contributed by atoms with Gasteiger partial charge in [-0.1, -0.05) is 197 Å². The van der Waals surface area contributed by atoms with Crippen LogP contribution in [0.1, 0.15) is 166 Å². The van der Waals surface area contributed by atoms with Gasteiger partial charge < -0.3 is 0 Å². The summed E-state index contributed by atoms with van der Waals surface area (Å²) >= 11 is 0. The zero-order valence-electron chi connectivity index (χ0n) is 28.7. The zero-order chi connectivity index (χ0) is 30.7. The second-order valence-electron chi connectivity index (χ2n) is 13.8. The average molecular weight is 593 g/mol. The largest absolute Gasteiger partial charge is 0.0654 e. The number of unbranched alkanes of at least 4 members (excludes halogenated alkanes) is 20. The molecule has 0 spiro atoms. The van der Waals surface area contributed by atoms with E-state index in [0.717, 1.165) is 0 Å². The summed E-state index contributed by atoms with van der Waals surface area (Å²) in [6, 6.07) is 23.4. The van der Waals surface area contributed by atoms with E-state index >= 15 is 0 Å². The predicted octanol–water partition coefficient (Wildman–Crippen LogP) is 14.9. The molecule has 4 aromatic rings. The molecule has 0 unspecified atom stereocenters. The maximum absolute atomic E-state index is 2.55. The van der Waals surface area contributed by atoms with Gasteiger partial charge in [0.25, 0.3) is 0 Å². The third-order valence-corrected chi connectivity index (χ3v) is 10.1. The lowest BCUT2D eigenvalue weighted by Crippen LogP contribution is -1.97. The van der Waals surface area contributed by atoms with Gasteiger partial charge in [-0.2, -0.15) is 0 Å². The van der Waals surface area contributed by atoms with Crippen LogP contribution in [0, 0.1) is 0 Å². The summed E-state index contributed by atoms with van der Waals surface area (Å²) in [4.78, 5) is 0. The number of rotatable bonds is 24. The van der Waals surface area contributed by atoms with Gasteiger partial charge in [0.2, 0.25) is 0 Å². The van der Waals surface area contributed by atoms with Crippen molar-refractivity contribution < 1.29 is 0 Å². The van der Waals surface area contributed by atoms with Gasteiger partial charge in [-0.25, -0.2) is 0 Å². The van der Waals surface area contributed by atoms with Crippen molar-refractivity contribution in [1.29, 1.82) is 0 Å². The molecule has 0 aromatic heterocycles. The van der Waals surface area contributed by atoms with Crippen LogP contribution in [0.4, 0.5) is 0 Å². The zero-order valence-corrected chi connectivity index (χ0v) is 28.7. The lowest BCUT2D eigenvalue weighted by Gasteiger charge is -2.18. The molecule has 4 aromatic carbocycles. The Hall–Kier alpha value is -2.34. The van der Waals surface area contributed by atoms with E-state index < -0.39 is 0 Å². The van der Waals surface area contributed by atoms with Crippen LogP contribution in [-0.4, -0.2) is 0 Å². The summed E-state index contributed by atoms with van der Waals surface area (Å²) in [7, 11) is 0. The molecule has 0 amide bonds. The van der Waals surface area contributed by atoms with Gasteiger partial charge >= 0.3 is 0 Å². The minimum Gasteiger partial charge on any atom is -0.0654 e. The van der Waals surface area contributed by atoms with E-state index in [1.807, 2.05) is 0 Å². The normalized spacial score (nSPS) is 11.8. The van der Waals surface area contributed by atoms with Crippen molar-refractivity contribution >= 4 is 32.3 Å². The van der Waals surface area contributed by atoms with E-state index in [9.17, 15) is 0 Å². The van der Waals surface area contributed by atoms with Gasteiger partial charge in [-0.3, -0.25) is 0 Å². The van der Waals surface area contributed by atoms with Crippen LogP contribution in [0.5, 0.6) is 0 Å². The number of benzene rings is 4. The summed E-state index contributed by atoms with van der Waals surface area (Å²) < 4.78 is 0. The van der Waals surface area contributed by atoms with E-state index in [4.69, 9.17) is 0 Å². The summed E-state index contributed by atoms with van der Waals surface area (Å²) in [6.45, 7) is 4.62. The van der Waals surface area contributed by atoms with Crippen molar-refractivity contribution in [3.8, 4) is 0 Å². The first-order valence-electron chi connectivity index (χ1n) is 19.2. The van der Waals surface area contributed by atoms with Crippen molar-refractivity contribution in [3.05, 3.63) is 71.8 Å². The molecule has 0 N–H and O–H groups in total. The molecule has 0 heterocycles. The number of hydrogen-bond acceptors (Lipinski definition) is 0. The first-order chi connectivity index (χ1) is 21.8. The molecular weight excluding hydrogens is 528 g/mol. The van der Waals surface area contributed by atoms with E-state index in [-0.39, 0.29) is 0 Å². The standard InChI is InChI=1S/C44H64/c1-3-5-7-9-11-13-15-17-19-21-23-31-39-35-37-29-25-28-33-41(37)43-36-38-30-26-27-32-40(38)42(44(39)43)34-24-22-20-18-16-14-12-10-8-6-4-2/h25-30,32-33,35-36H,3-24,31,34H2,1-2H3. The molecule has 0 saturated heterocycles. The van der Waals surface area contributed by atoms with Gasteiger partial charge in [-0.05, 0) is 75.2 Å². The third-order valence-electron chi connectivity index (χ3n) is 10.1. The van der Waals surface area contributed by atoms with Crippen LogP contribution < -0.4 is 0 Å². The van der Waals surface area contributed by atoms with Crippen LogP contribution in [0.15, 0.2) is 60.7 Å². The fraction of sp³-hybridized carbons (Fsp3) is 0.591. The molecule has 0 atom stereocenters. The van der Waals surface area contributed by atoms with Gasteiger partial charge in [0.05, 0.1) is 0 Å². The lowest BCUT2D eigenvalue weighted by atomic mass is 9.86. The number of hydrogen-bond donors (Lipinski definition) is 0. The van der Waals surface area contributed by atoms with E-state index in [2.05, 4.69) is 74.5 Å². The second kappa shape index (κ2) is 20.6. The van der Waals surface area contributed by atoms with Crippen molar-refractivity contribution in [2.24, 2.45) is 0 Å². The Morgan fingerprint density at radius 2 is 0.773 bits per heavy atom. The highest BCUT2D eigenvalue weighted by Crippen LogP contribution is 2.37. The number of aryl methyl sites for hydroxylation is 2. The SMILES string of the molecule is CCCCCCCCCCCCCc1cc2ccccc2c2cc3ccccc3c(CCCCCCCCCCCCC)c12. The Morgan fingerprint density at radius 1 is 0.364 bits per heavy atom. The minimum absolute atomic E-state index is 1.21. The molecule has 240 valence electrons. The Balaban J connectivity index is 1.39. The van der Waals surface area contributed by atoms with Gasteiger partial charge in [-0.15, -0.1) is 0 Å². The van der Waals surface area contributed by atoms with Gasteiger partial charge in [0.15, 0.2) is 0 Å². The smallest absolute Gasteiger partial charge is 0.00935 e. The van der Waals surface area contributed by atoms with Crippen LogP contribution in [0.25, 0.3) is 32.3 Å². The highest BCUT2D eigenvalue weighted by atomic mass is 14.2. The monoisotopic (exact) mass is 593 g/mol. The summed E-state index contributed by atoms with van der Waals surface area (Å²) in [5.41, 5.74) is 3.22. The maximum Gasteiger partial charge on any atom is -0.00935 e. The molecule has 0 bridgehead atoms. The van der Waals surface area contributed by atoms with Gasteiger partial charge in [0.1, 0.15) is 0 Å². The highest BCUT2D eigenvalue weighted by Gasteiger charge is 2.14. The highest BCUT2D eigenvalue weighted by molar-refractivity contribution is 6.15. The molecule has 0 aliphatic rings. The molecule has 0 radical (unpaired) electrons.